The van der Waals surface area contributed by atoms with E-state index in [4.69, 9.17) is 22.9 Å². The summed E-state index contributed by atoms with van der Waals surface area (Å²) in [6.07, 6.45) is 5.94. The number of benzodiazepines with no additional fused rings is 1. The molecule has 1 aliphatic heterocycles. The average molecular weight is 273 g/mol. The fourth-order valence-electron chi connectivity index (χ4n) is 3.00. The van der Waals surface area contributed by atoms with Crippen LogP contribution in [-0.2, 0) is 0 Å². The minimum atomic E-state index is -0.417. The van der Waals surface area contributed by atoms with Gasteiger partial charge in [0, 0.05) is 22.9 Å². The molecule has 3 nitrogen and oxygen atoms in total. The summed E-state index contributed by atoms with van der Waals surface area (Å²) in [4.78, 5) is 5.32. The van der Waals surface area contributed by atoms with Crippen molar-refractivity contribution in [2.75, 3.05) is 5.32 Å². The van der Waals surface area contributed by atoms with Gasteiger partial charge in [0.05, 0.1) is 0 Å². The smallest absolute Gasteiger partial charge is 0.148 e. The number of hydrogen-bond acceptors (Lipinski definition) is 3. The van der Waals surface area contributed by atoms with Crippen LogP contribution in [0.25, 0.3) is 0 Å². The van der Waals surface area contributed by atoms with Gasteiger partial charge in [-0.15, -0.1) is 0 Å². The number of nitrogens with zero attached hydrogens (tertiary/aromatic N) is 1. The van der Waals surface area contributed by atoms with Crippen LogP contribution in [0.15, 0.2) is 29.3 Å². The van der Waals surface area contributed by atoms with E-state index in [9.17, 15) is 0 Å². The third-order valence-electron chi connectivity index (χ3n) is 4.00. The first-order valence-corrected chi connectivity index (χ1v) is 7.40. The number of fused-ring (bicyclic) bond motifs is 1. The zero-order chi connectivity index (χ0) is 13.2. The van der Waals surface area contributed by atoms with Crippen molar-refractivity contribution in [3.8, 4) is 0 Å². The highest BCUT2D eigenvalue weighted by Gasteiger charge is 2.26. The molecular weight excluding hydrogens is 254 g/mol. The summed E-state index contributed by atoms with van der Waals surface area (Å²) in [6, 6.07) is 8.25. The molecule has 100 valence electrons. The Morgan fingerprint density at radius 2 is 1.89 bits per heavy atom. The molecule has 4 heteroatoms. The lowest BCUT2D eigenvalue weighted by Crippen LogP contribution is -2.32. The molecule has 2 aliphatic rings. The van der Waals surface area contributed by atoms with Gasteiger partial charge < -0.3 is 11.1 Å². The van der Waals surface area contributed by atoms with Crippen molar-refractivity contribution in [3.63, 3.8) is 0 Å². The molecule has 0 saturated heterocycles. The van der Waals surface area contributed by atoms with Crippen molar-refractivity contribution in [3.05, 3.63) is 29.8 Å². The van der Waals surface area contributed by atoms with E-state index in [-0.39, 0.29) is 0 Å². The van der Waals surface area contributed by atoms with Gasteiger partial charge in [-0.05, 0) is 18.9 Å². The van der Waals surface area contributed by atoms with E-state index in [0.29, 0.717) is 10.9 Å². The van der Waals surface area contributed by atoms with Gasteiger partial charge >= 0.3 is 0 Å². The standard InChI is InChI=1S/C15H19N3S/c16-14-15(19)17-12-9-5-4-8-11(12)13(18-14)10-6-2-1-3-7-10/h4-5,8-10,14H,1-3,6-7,16H2,(H,17,19)/t14-/m0/s1. The molecule has 0 aromatic heterocycles. The highest BCUT2D eigenvalue weighted by atomic mass is 32.1. The predicted molar refractivity (Wildman–Crippen MR) is 83.8 cm³/mol. The predicted octanol–water partition coefficient (Wildman–Crippen LogP) is 3.09. The number of para-hydroxylation sites is 1. The summed E-state index contributed by atoms with van der Waals surface area (Å²) in [5, 5.41) is 3.23. The number of benzene rings is 1. The normalized spacial score (nSPS) is 24.2. The minimum absolute atomic E-state index is 0.417. The van der Waals surface area contributed by atoms with Crippen LogP contribution < -0.4 is 11.1 Å². The Morgan fingerprint density at radius 3 is 2.68 bits per heavy atom. The van der Waals surface area contributed by atoms with Crippen molar-refractivity contribution < 1.29 is 0 Å². The largest absolute Gasteiger partial charge is 0.347 e. The maximum absolute atomic E-state index is 6.06. The summed E-state index contributed by atoms with van der Waals surface area (Å²) in [6.45, 7) is 0. The molecule has 3 rings (SSSR count). The molecule has 1 heterocycles. The maximum Gasteiger partial charge on any atom is 0.148 e. The van der Waals surface area contributed by atoms with E-state index in [1.54, 1.807) is 0 Å². The molecule has 0 amide bonds. The van der Waals surface area contributed by atoms with Gasteiger partial charge in [0.25, 0.3) is 0 Å². The topological polar surface area (TPSA) is 50.4 Å². The third kappa shape index (κ3) is 2.55. The lowest BCUT2D eigenvalue weighted by Gasteiger charge is -2.24. The van der Waals surface area contributed by atoms with E-state index in [1.807, 2.05) is 6.07 Å². The molecule has 19 heavy (non-hydrogen) atoms. The van der Waals surface area contributed by atoms with Crippen molar-refractivity contribution in [2.24, 2.45) is 16.6 Å². The van der Waals surface area contributed by atoms with E-state index >= 15 is 0 Å². The van der Waals surface area contributed by atoms with Crippen LogP contribution >= 0.6 is 12.2 Å². The molecule has 0 spiro atoms. The van der Waals surface area contributed by atoms with E-state index in [0.717, 1.165) is 11.4 Å². The van der Waals surface area contributed by atoms with Gasteiger partial charge in [-0.3, -0.25) is 4.99 Å². The molecule has 1 aliphatic carbocycles. The Kier molecular flexibility index (Phi) is 3.62. The van der Waals surface area contributed by atoms with Gasteiger partial charge in [0.2, 0.25) is 0 Å². The Labute approximate surface area is 119 Å². The molecule has 1 saturated carbocycles. The molecule has 1 aromatic carbocycles. The van der Waals surface area contributed by atoms with Crippen LogP contribution in [0.2, 0.25) is 0 Å². The molecular formula is C15H19N3S. The van der Waals surface area contributed by atoms with Gasteiger partial charge in [-0.25, -0.2) is 0 Å². The van der Waals surface area contributed by atoms with Crippen molar-refractivity contribution >= 4 is 28.6 Å². The Bertz CT molecular complexity index is 518. The lowest BCUT2D eigenvalue weighted by atomic mass is 9.83. The van der Waals surface area contributed by atoms with E-state index in [2.05, 4.69) is 23.5 Å². The summed E-state index contributed by atoms with van der Waals surface area (Å²) >= 11 is 5.30. The van der Waals surface area contributed by atoms with Crippen LogP contribution in [-0.4, -0.2) is 16.9 Å². The zero-order valence-electron chi connectivity index (χ0n) is 10.9. The average Bonchev–Trinajstić information content (AvgIpc) is 2.58. The van der Waals surface area contributed by atoms with Crippen LogP contribution in [0, 0.1) is 5.92 Å². The molecule has 3 N–H and O–H groups in total. The second-order valence-electron chi connectivity index (χ2n) is 5.33. The SMILES string of the molecule is N[C@H]1N=C(C2CCCCC2)c2ccccc2NC1=S. The molecule has 1 atom stereocenters. The number of hydrogen-bond donors (Lipinski definition) is 2. The Morgan fingerprint density at radius 1 is 1.16 bits per heavy atom. The fraction of sp³-hybridized carbons (Fsp3) is 0.467. The first-order chi connectivity index (χ1) is 9.25. The van der Waals surface area contributed by atoms with Crippen LogP contribution in [0.4, 0.5) is 5.69 Å². The first-order valence-electron chi connectivity index (χ1n) is 6.99. The summed E-state index contributed by atoms with van der Waals surface area (Å²) in [5.74, 6) is 0.531. The van der Waals surface area contributed by atoms with E-state index < -0.39 is 6.17 Å². The van der Waals surface area contributed by atoms with E-state index in [1.165, 1.54) is 37.7 Å². The van der Waals surface area contributed by atoms with Gasteiger partial charge in [-0.1, -0.05) is 49.7 Å². The summed E-state index contributed by atoms with van der Waals surface area (Å²) in [5.41, 5.74) is 9.43. The van der Waals surface area contributed by atoms with Crippen molar-refractivity contribution in [2.45, 2.75) is 38.3 Å². The summed E-state index contributed by atoms with van der Waals surface area (Å²) < 4.78 is 0. The third-order valence-corrected chi connectivity index (χ3v) is 4.34. The quantitative estimate of drug-likeness (QED) is 0.773. The van der Waals surface area contributed by atoms with Crippen LogP contribution in [0.5, 0.6) is 0 Å². The molecule has 1 fully saturated rings. The van der Waals surface area contributed by atoms with Crippen LogP contribution in [0.1, 0.15) is 37.7 Å². The second-order valence-corrected chi connectivity index (χ2v) is 5.77. The first kappa shape index (κ1) is 12.8. The Hall–Kier alpha value is -1.26. The fourth-order valence-corrected chi connectivity index (χ4v) is 3.16. The lowest BCUT2D eigenvalue weighted by molar-refractivity contribution is 0.439. The number of nitrogens with two attached hydrogens (primary N) is 1. The maximum atomic E-state index is 6.06. The molecule has 0 bridgehead atoms. The molecule has 0 radical (unpaired) electrons. The molecule has 1 aromatic rings. The zero-order valence-corrected chi connectivity index (χ0v) is 11.7. The van der Waals surface area contributed by atoms with Gasteiger partial charge in [0.15, 0.2) is 0 Å². The minimum Gasteiger partial charge on any atom is -0.347 e. The number of nitrogens with one attached hydrogen (secondary N) is 1. The number of anilines is 1. The van der Waals surface area contributed by atoms with Crippen molar-refractivity contribution in [1.29, 1.82) is 0 Å². The highest BCUT2D eigenvalue weighted by molar-refractivity contribution is 7.80. The Balaban J connectivity index is 2.03. The van der Waals surface area contributed by atoms with Gasteiger partial charge in [-0.2, -0.15) is 0 Å². The number of aliphatic imine (C=N–C) groups is 1. The number of rotatable bonds is 1. The monoisotopic (exact) mass is 273 g/mol. The second kappa shape index (κ2) is 5.39. The summed E-state index contributed by atoms with van der Waals surface area (Å²) in [7, 11) is 0. The van der Waals surface area contributed by atoms with Crippen molar-refractivity contribution in [1.82, 2.24) is 0 Å². The number of thiocarbonyl (C=S) groups is 1. The highest BCUT2D eigenvalue weighted by Crippen LogP contribution is 2.31. The molecule has 0 unspecified atom stereocenters. The van der Waals surface area contributed by atoms with Gasteiger partial charge in [0.1, 0.15) is 11.2 Å². The van der Waals surface area contributed by atoms with Crippen LogP contribution in [0.3, 0.4) is 0 Å².